The summed E-state index contributed by atoms with van der Waals surface area (Å²) >= 11 is 16.7. The lowest BCUT2D eigenvalue weighted by molar-refractivity contribution is 0.792. The highest BCUT2D eigenvalue weighted by Crippen LogP contribution is 2.25. The standard InChI is InChI=1S/C4H9Cl3Si/c5-1-4(8,2-6)3-7/h1-3H2,8H3. The normalized spacial score (nSPS) is 12.4. The van der Waals surface area contributed by atoms with E-state index in [-0.39, 0.29) is 5.04 Å². The smallest absolute Gasteiger partial charge is 0.0269 e. The van der Waals surface area contributed by atoms with Crippen LogP contribution in [-0.4, -0.2) is 27.9 Å². The Kier molecular flexibility index (Phi) is 4.53. The summed E-state index contributed by atoms with van der Waals surface area (Å²) in [4.78, 5) is 0. The molecule has 0 radical (unpaired) electrons. The van der Waals surface area contributed by atoms with Crippen LogP contribution in [0.1, 0.15) is 0 Å². The molecule has 0 heterocycles. The van der Waals surface area contributed by atoms with Gasteiger partial charge in [0, 0.05) is 27.9 Å². The third-order valence-corrected chi connectivity index (χ3v) is 5.31. The maximum absolute atomic E-state index is 5.57. The van der Waals surface area contributed by atoms with E-state index in [4.69, 9.17) is 34.8 Å². The van der Waals surface area contributed by atoms with E-state index in [2.05, 4.69) is 0 Å². The summed E-state index contributed by atoms with van der Waals surface area (Å²) in [7, 11) is 0.975. The van der Waals surface area contributed by atoms with E-state index in [0.29, 0.717) is 17.6 Å². The van der Waals surface area contributed by atoms with Gasteiger partial charge in [-0.25, -0.2) is 0 Å². The summed E-state index contributed by atoms with van der Waals surface area (Å²) in [5.74, 6) is 1.77. The lowest BCUT2D eigenvalue weighted by atomic mass is 10.2. The summed E-state index contributed by atoms with van der Waals surface area (Å²) in [5, 5.41) is 0.0602. The molecule has 0 aliphatic carbocycles. The van der Waals surface area contributed by atoms with E-state index in [1.54, 1.807) is 0 Å². The molecule has 50 valence electrons. The summed E-state index contributed by atoms with van der Waals surface area (Å²) in [6.45, 7) is 0. The number of alkyl halides is 3. The van der Waals surface area contributed by atoms with Crippen molar-refractivity contribution in [1.82, 2.24) is 0 Å². The summed E-state index contributed by atoms with van der Waals surface area (Å²) < 4.78 is 0. The zero-order valence-electron chi connectivity index (χ0n) is 4.76. The molecule has 0 saturated heterocycles. The molecule has 0 unspecified atom stereocenters. The van der Waals surface area contributed by atoms with Gasteiger partial charge in [-0.3, -0.25) is 0 Å². The molecular formula is C4H9Cl3Si. The molecule has 8 heavy (non-hydrogen) atoms. The van der Waals surface area contributed by atoms with Gasteiger partial charge in [0.25, 0.3) is 0 Å². The summed E-state index contributed by atoms with van der Waals surface area (Å²) in [6, 6.07) is 0. The number of halogens is 3. The minimum Gasteiger partial charge on any atom is -0.126 e. The molecule has 0 nitrogen and oxygen atoms in total. The van der Waals surface area contributed by atoms with Crippen LogP contribution < -0.4 is 0 Å². The summed E-state index contributed by atoms with van der Waals surface area (Å²) in [6.07, 6.45) is 0. The predicted octanol–water partition coefficient (Wildman–Crippen LogP) is 1.23. The molecule has 0 bridgehead atoms. The van der Waals surface area contributed by atoms with Gasteiger partial charge in [-0.05, 0) is 5.04 Å². The van der Waals surface area contributed by atoms with Crippen molar-refractivity contribution in [2.24, 2.45) is 0 Å². The third kappa shape index (κ3) is 2.58. The van der Waals surface area contributed by atoms with Crippen molar-refractivity contribution in [3.05, 3.63) is 0 Å². The van der Waals surface area contributed by atoms with Crippen LogP contribution in [-0.2, 0) is 0 Å². The van der Waals surface area contributed by atoms with E-state index in [1.165, 1.54) is 0 Å². The van der Waals surface area contributed by atoms with Gasteiger partial charge in [0.2, 0.25) is 0 Å². The second-order valence-electron chi connectivity index (χ2n) is 2.21. The Morgan fingerprint density at radius 1 is 1.00 bits per heavy atom. The fourth-order valence-corrected chi connectivity index (χ4v) is 0.964. The van der Waals surface area contributed by atoms with Crippen LogP contribution in [0.15, 0.2) is 0 Å². The van der Waals surface area contributed by atoms with Crippen LogP contribution in [0.3, 0.4) is 0 Å². The first kappa shape index (κ1) is 9.09. The molecule has 0 aromatic carbocycles. The average molecular weight is 192 g/mol. The van der Waals surface area contributed by atoms with Crippen LogP contribution in [0, 0.1) is 0 Å². The van der Waals surface area contributed by atoms with Crippen LogP contribution in [0.2, 0.25) is 5.04 Å². The molecule has 0 fully saturated rings. The van der Waals surface area contributed by atoms with Crippen LogP contribution >= 0.6 is 34.8 Å². The zero-order valence-corrected chi connectivity index (χ0v) is 9.02. The van der Waals surface area contributed by atoms with Crippen LogP contribution in [0.25, 0.3) is 0 Å². The monoisotopic (exact) mass is 190 g/mol. The highest BCUT2D eigenvalue weighted by molar-refractivity contribution is 6.35. The van der Waals surface area contributed by atoms with Crippen LogP contribution in [0.5, 0.6) is 0 Å². The quantitative estimate of drug-likeness (QED) is 0.465. The van der Waals surface area contributed by atoms with Gasteiger partial charge >= 0.3 is 0 Å². The average Bonchev–Trinajstić information content (AvgIpc) is 1.87. The topological polar surface area (TPSA) is 0 Å². The predicted molar refractivity (Wildman–Crippen MR) is 44.8 cm³/mol. The first-order valence-corrected chi connectivity index (χ1v) is 4.97. The Bertz CT molecular complexity index is 54.0. The Hall–Kier alpha value is 1.09. The molecule has 0 aromatic heterocycles. The molecule has 0 N–H and O–H groups in total. The lowest BCUT2D eigenvalue weighted by Gasteiger charge is -2.19. The van der Waals surface area contributed by atoms with Gasteiger partial charge in [-0.2, -0.15) is 0 Å². The van der Waals surface area contributed by atoms with Crippen molar-refractivity contribution >= 4 is 45.0 Å². The van der Waals surface area contributed by atoms with Crippen molar-refractivity contribution in [3.8, 4) is 0 Å². The Morgan fingerprint density at radius 2 is 1.25 bits per heavy atom. The zero-order chi connectivity index (χ0) is 6.62. The minimum absolute atomic E-state index is 0.0602. The molecule has 0 aromatic rings. The lowest BCUT2D eigenvalue weighted by Crippen LogP contribution is -2.18. The Morgan fingerprint density at radius 3 is 1.25 bits per heavy atom. The number of hydrogen-bond acceptors (Lipinski definition) is 0. The summed E-state index contributed by atoms with van der Waals surface area (Å²) in [5.41, 5.74) is 0. The molecule has 0 atom stereocenters. The molecule has 0 spiro atoms. The first-order valence-electron chi connectivity index (χ1n) is 2.36. The van der Waals surface area contributed by atoms with Gasteiger partial charge in [0.15, 0.2) is 0 Å². The van der Waals surface area contributed by atoms with E-state index >= 15 is 0 Å². The molecule has 0 aliphatic heterocycles. The third-order valence-electron chi connectivity index (χ3n) is 0.968. The van der Waals surface area contributed by atoms with Crippen molar-refractivity contribution < 1.29 is 0 Å². The van der Waals surface area contributed by atoms with E-state index in [9.17, 15) is 0 Å². The molecule has 0 amide bonds. The van der Waals surface area contributed by atoms with Crippen LogP contribution in [0.4, 0.5) is 0 Å². The Labute approximate surface area is 67.9 Å². The van der Waals surface area contributed by atoms with Gasteiger partial charge in [-0.1, -0.05) is 0 Å². The fourth-order valence-electron chi connectivity index (χ4n) is 0.107. The molecule has 0 aliphatic rings. The van der Waals surface area contributed by atoms with E-state index in [1.807, 2.05) is 0 Å². The number of rotatable bonds is 3. The fraction of sp³-hybridized carbons (Fsp3) is 1.00. The second kappa shape index (κ2) is 3.99. The largest absolute Gasteiger partial charge is 0.126 e. The van der Waals surface area contributed by atoms with E-state index < -0.39 is 0 Å². The minimum atomic E-state index is 0.0602. The molecule has 4 heteroatoms. The maximum atomic E-state index is 5.57. The molecule has 0 saturated carbocycles. The molecular weight excluding hydrogens is 182 g/mol. The van der Waals surface area contributed by atoms with Gasteiger partial charge in [0.1, 0.15) is 0 Å². The van der Waals surface area contributed by atoms with Crippen molar-refractivity contribution in [1.29, 1.82) is 0 Å². The van der Waals surface area contributed by atoms with Gasteiger partial charge in [-0.15, -0.1) is 34.8 Å². The number of hydrogen-bond donors (Lipinski definition) is 0. The highest BCUT2D eigenvalue weighted by Gasteiger charge is 2.19. The SMILES string of the molecule is [SiH3]C(CCl)(CCl)CCl. The Balaban J connectivity index is 3.58. The van der Waals surface area contributed by atoms with Crippen molar-refractivity contribution in [2.45, 2.75) is 5.04 Å². The van der Waals surface area contributed by atoms with Gasteiger partial charge < -0.3 is 0 Å². The van der Waals surface area contributed by atoms with E-state index in [0.717, 1.165) is 10.2 Å². The highest BCUT2D eigenvalue weighted by atomic mass is 35.5. The van der Waals surface area contributed by atoms with Gasteiger partial charge in [0.05, 0.1) is 0 Å². The van der Waals surface area contributed by atoms with Crippen molar-refractivity contribution in [2.75, 3.05) is 17.6 Å². The second-order valence-corrected chi connectivity index (χ2v) is 5.13. The first-order chi connectivity index (χ1) is 3.68. The molecule has 0 rings (SSSR count). The maximum Gasteiger partial charge on any atom is 0.0269 e. The van der Waals surface area contributed by atoms with Crippen molar-refractivity contribution in [3.63, 3.8) is 0 Å².